The van der Waals surface area contributed by atoms with Crippen LogP contribution in [0.1, 0.15) is 106 Å². The van der Waals surface area contributed by atoms with Gasteiger partial charge in [-0.15, -0.1) is 0 Å². The van der Waals surface area contributed by atoms with Gasteiger partial charge in [0, 0.05) is 24.0 Å². The van der Waals surface area contributed by atoms with Crippen molar-refractivity contribution < 1.29 is 9.84 Å². The molecule has 3 N–H and O–H groups in total. The normalized spacial score (nSPS) is 14.7. The third-order valence-electron chi connectivity index (χ3n) is 9.18. The zero-order chi connectivity index (χ0) is 31.8. The molecular weight excluding hydrogens is 544 g/mol. The molecule has 1 aliphatic carbocycles. The molecule has 1 aliphatic rings. The van der Waals surface area contributed by atoms with E-state index in [1.807, 2.05) is 12.1 Å². The number of aromatic amines is 1. The second-order valence-corrected chi connectivity index (χ2v) is 14.6. The van der Waals surface area contributed by atoms with Gasteiger partial charge in [0.25, 0.3) is 0 Å². The summed E-state index contributed by atoms with van der Waals surface area (Å²) in [4.78, 5) is 15.4. The van der Waals surface area contributed by atoms with Crippen molar-refractivity contribution in [1.29, 1.82) is 0 Å². The molecule has 0 spiro atoms. The lowest BCUT2D eigenvalue weighted by atomic mass is 9.79. The molecule has 0 fully saturated rings. The monoisotopic (exact) mass is 594 g/mol. The Morgan fingerprint density at radius 1 is 0.864 bits per heavy atom. The van der Waals surface area contributed by atoms with Crippen molar-refractivity contribution in [3.05, 3.63) is 109 Å². The number of hydrogen-bond acceptors (Lipinski definition) is 4. The van der Waals surface area contributed by atoms with Gasteiger partial charge < -0.3 is 20.1 Å². The second-order valence-electron chi connectivity index (χ2n) is 14.6. The highest BCUT2D eigenvalue weighted by atomic mass is 16.5. The van der Waals surface area contributed by atoms with Crippen LogP contribution < -0.4 is 15.6 Å². The molecule has 5 heteroatoms. The van der Waals surface area contributed by atoms with Crippen molar-refractivity contribution in [2.75, 3.05) is 6.54 Å². The maximum absolute atomic E-state index is 12.4. The summed E-state index contributed by atoms with van der Waals surface area (Å²) in [5.74, 6) is 0.602. The molecule has 0 aliphatic heterocycles. The molecule has 3 aromatic carbocycles. The minimum Gasteiger partial charge on any atom is -0.487 e. The van der Waals surface area contributed by atoms with Crippen molar-refractivity contribution in [2.45, 2.75) is 111 Å². The number of H-pyrrole nitrogens is 1. The molecule has 1 aromatic heterocycles. The number of ether oxygens (including phenoxy) is 1. The first kappa shape index (κ1) is 32.0. The van der Waals surface area contributed by atoms with Crippen molar-refractivity contribution in [3.63, 3.8) is 0 Å². The predicted octanol–water partition coefficient (Wildman–Crippen LogP) is 7.62. The third-order valence-corrected chi connectivity index (χ3v) is 9.18. The summed E-state index contributed by atoms with van der Waals surface area (Å²) in [6.45, 7) is 18.6. The number of hydrogen-bond donors (Lipinski definition) is 3. The smallest absolute Gasteiger partial charge is 0.248 e. The summed E-state index contributed by atoms with van der Waals surface area (Å²) in [7, 11) is 0. The molecule has 0 unspecified atom stereocenters. The van der Waals surface area contributed by atoms with Gasteiger partial charge in [-0.25, -0.2) is 0 Å². The summed E-state index contributed by atoms with van der Waals surface area (Å²) in [6, 6.07) is 18.9. The van der Waals surface area contributed by atoms with E-state index in [1.165, 1.54) is 39.4 Å². The Hall–Kier alpha value is -3.41. The van der Waals surface area contributed by atoms with Gasteiger partial charge >= 0.3 is 0 Å². The van der Waals surface area contributed by atoms with Crippen LogP contribution in [0.3, 0.4) is 0 Å². The first-order valence-electron chi connectivity index (χ1n) is 16.3. The van der Waals surface area contributed by atoms with Gasteiger partial charge in [-0.1, -0.05) is 91.8 Å². The van der Waals surface area contributed by atoms with E-state index in [9.17, 15) is 9.90 Å². The zero-order valence-electron chi connectivity index (χ0n) is 27.9. The lowest BCUT2D eigenvalue weighted by Crippen LogP contribution is -2.33. The fourth-order valence-corrected chi connectivity index (χ4v) is 6.43. The van der Waals surface area contributed by atoms with Crippen LogP contribution >= 0.6 is 0 Å². The first-order chi connectivity index (χ1) is 20.8. The van der Waals surface area contributed by atoms with Gasteiger partial charge in [0.05, 0.1) is 11.6 Å². The lowest BCUT2D eigenvalue weighted by Gasteiger charge is -2.26. The Kier molecular flexibility index (Phi) is 9.11. The standard InChI is InChI=1S/C39H50N2O3/c1-9-25-17-27-19-31(20-28(27)18-26(25)10-2)40-22-34(42)32-11-13-35(37-33(32)12-14-36(43)41-37)44-23-24-15-29(38(3,4)5)21-30(16-24)39(6,7)8/h11-18,21,31,34,40,42H,9-10,19-20,22-23H2,1-8H3,(H,41,43)/t34-/m1/s1. The van der Waals surface area contributed by atoms with Gasteiger partial charge in [0.1, 0.15) is 12.4 Å². The van der Waals surface area contributed by atoms with E-state index >= 15 is 0 Å². The Labute approximate surface area is 263 Å². The van der Waals surface area contributed by atoms with Crippen molar-refractivity contribution in [2.24, 2.45) is 0 Å². The van der Waals surface area contributed by atoms with E-state index in [1.54, 1.807) is 6.07 Å². The highest BCUT2D eigenvalue weighted by molar-refractivity contribution is 5.87. The Morgan fingerprint density at radius 3 is 2.00 bits per heavy atom. The van der Waals surface area contributed by atoms with Crippen LogP contribution in [0.5, 0.6) is 5.75 Å². The summed E-state index contributed by atoms with van der Waals surface area (Å²) < 4.78 is 6.38. The zero-order valence-corrected chi connectivity index (χ0v) is 27.9. The topological polar surface area (TPSA) is 74.3 Å². The van der Waals surface area contributed by atoms with Gasteiger partial charge in [-0.3, -0.25) is 4.79 Å². The van der Waals surface area contributed by atoms with Crippen LogP contribution in [-0.2, 0) is 43.1 Å². The summed E-state index contributed by atoms with van der Waals surface area (Å²) >= 11 is 0. The highest BCUT2D eigenvalue weighted by Crippen LogP contribution is 2.33. The van der Waals surface area contributed by atoms with E-state index < -0.39 is 6.10 Å². The number of fused-ring (bicyclic) bond motifs is 2. The van der Waals surface area contributed by atoms with E-state index in [4.69, 9.17) is 4.74 Å². The molecular formula is C39H50N2O3. The van der Waals surface area contributed by atoms with Crippen molar-refractivity contribution >= 4 is 10.9 Å². The predicted molar refractivity (Wildman–Crippen MR) is 182 cm³/mol. The molecule has 0 saturated carbocycles. The molecule has 234 valence electrons. The minimum absolute atomic E-state index is 0.0119. The molecule has 44 heavy (non-hydrogen) atoms. The van der Waals surface area contributed by atoms with E-state index in [2.05, 4.69) is 96.0 Å². The van der Waals surface area contributed by atoms with Gasteiger partial charge in [0.2, 0.25) is 5.56 Å². The van der Waals surface area contributed by atoms with Gasteiger partial charge in [0.15, 0.2) is 0 Å². The number of aliphatic hydroxyl groups is 1. The molecule has 1 atom stereocenters. The molecule has 5 nitrogen and oxygen atoms in total. The second kappa shape index (κ2) is 12.5. The quantitative estimate of drug-likeness (QED) is 0.186. The summed E-state index contributed by atoms with van der Waals surface area (Å²) in [6.07, 6.45) is 3.35. The van der Waals surface area contributed by atoms with Crippen molar-refractivity contribution in [1.82, 2.24) is 10.3 Å². The molecule has 0 radical (unpaired) electrons. The van der Waals surface area contributed by atoms with Crippen LogP contribution in [0.25, 0.3) is 10.9 Å². The van der Waals surface area contributed by atoms with Crippen LogP contribution in [0.15, 0.2) is 59.4 Å². The highest BCUT2D eigenvalue weighted by Gasteiger charge is 2.25. The molecule has 0 amide bonds. The Balaban J connectivity index is 1.34. The number of rotatable bonds is 9. The average Bonchev–Trinajstić information content (AvgIpc) is 3.38. The Bertz CT molecular complexity index is 1640. The van der Waals surface area contributed by atoms with Gasteiger partial charge in [-0.2, -0.15) is 0 Å². The number of pyridine rings is 1. The fraction of sp³-hybridized carbons (Fsp3) is 0.462. The largest absolute Gasteiger partial charge is 0.487 e. The van der Waals surface area contributed by atoms with E-state index in [0.717, 1.165) is 42.2 Å². The SMILES string of the molecule is CCc1cc2c(cc1CC)CC(NC[C@@H](O)c1ccc(OCc3cc(C(C)(C)C)cc(C(C)(C)C)c3)c3[nH]c(=O)ccc13)C2. The third kappa shape index (κ3) is 6.95. The van der Waals surface area contributed by atoms with E-state index in [-0.39, 0.29) is 16.4 Å². The number of nitrogens with one attached hydrogen (secondary N) is 2. The maximum atomic E-state index is 12.4. The fourth-order valence-electron chi connectivity index (χ4n) is 6.43. The van der Waals surface area contributed by atoms with Crippen LogP contribution in [-0.4, -0.2) is 22.7 Å². The molecule has 0 saturated heterocycles. The summed E-state index contributed by atoms with van der Waals surface area (Å²) in [5.41, 5.74) is 10.6. The number of benzene rings is 3. The van der Waals surface area contributed by atoms with Crippen LogP contribution in [0.2, 0.25) is 0 Å². The summed E-state index contributed by atoms with van der Waals surface area (Å²) in [5, 5.41) is 15.8. The van der Waals surface area contributed by atoms with E-state index in [0.29, 0.717) is 30.5 Å². The average molecular weight is 595 g/mol. The molecule has 5 rings (SSSR count). The van der Waals surface area contributed by atoms with Gasteiger partial charge in [-0.05, 0) is 93.2 Å². The molecule has 4 aromatic rings. The number of aliphatic hydroxyl groups excluding tert-OH is 1. The first-order valence-corrected chi connectivity index (χ1v) is 16.3. The molecule has 1 heterocycles. The van der Waals surface area contributed by atoms with Crippen LogP contribution in [0, 0.1) is 0 Å². The lowest BCUT2D eigenvalue weighted by molar-refractivity contribution is 0.171. The number of aryl methyl sites for hydroxylation is 2. The van der Waals surface area contributed by atoms with Crippen molar-refractivity contribution in [3.8, 4) is 5.75 Å². The Morgan fingerprint density at radius 2 is 1.45 bits per heavy atom. The minimum atomic E-state index is -0.726. The number of aromatic nitrogens is 1. The molecule has 0 bridgehead atoms. The maximum Gasteiger partial charge on any atom is 0.248 e. The van der Waals surface area contributed by atoms with Crippen LogP contribution in [0.4, 0.5) is 0 Å².